The molecule has 0 fully saturated rings. The van der Waals surface area contributed by atoms with Crippen molar-refractivity contribution in [2.24, 2.45) is 0 Å². The number of benzene rings is 6. The fourth-order valence-electron chi connectivity index (χ4n) is 7.77. The van der Waals surface area contributed by atoms with Gasteiger partial charge in [-0.15, -0.1) is 0 Å². The molecule has 74 heavy (non-hydrogen) atoms. The maximum atomic E-state index is 14.0. The summed E-state index contributed by atoms with van der Waals surface area (Å²) in [5.41, 5.74) is 8.39. The number of carboxylic acid groups (broad SMARTS) is 2. The van der Waals surface area contributed by atoms with Gasteiger partial charge >= 0.3 is 0 Å². The minimum Gasteiger partial charge on any atom is -0.488 e. The first-order chi connectivity index (χ1) is 35.5. The van der Waals surface area contributed by atoms with E-state index < -0.39 is 23.3 Å². The lowest BCUT2D eigenvalue weighted by Crippen LogP contribution is -2.19. The van der Waals surface area contributed by atoms with Gasteiger partial charge in [0.2, 0.25) is 0 Å². The Balaban J connectivity index is 0.00000170. The molecule has 6 aromatic carbocycles. The van der Waals surface area contributed by atoms with E-state index in [1.165, 1.54) is 24.3 Å². The number of rotatable bonds is 23. The molecule has 0 radical (unpaired) electrons. The largest absolute Gasteiger partial charge is 0.488 e. The second-order valence-corrected chi connectivity index (χ2v) is 17.9. The summed E-state index contributed by atoms with van der Waals surface area (Å²) in [4.78, 5) is 21.1. The summed E-state index contributed by atoms with van der Waals surface area (Å²) in [5, 5.41) is 14.6. The van der Waals surface area contributed by atoms with Gasteiger partial charge in [-0.2, -0.15) is 0 Å². The SMILES string of the molecule is CC.CCCCN(C)Cc1cc(Cl)c(OCc2cccc(-c3cccc(COc4cc(OCc5cc(F)cc(F)c5)c(CN(C)CCCC)cc4Cl)c3C)c2C)cc1OCc1cc(F)cc(F)c1.O=CO.O=CO. The molecule has 2 N–H and O–H groups in total. The number of halogens is 6. The van der Waals surface area contributed by atoms with Crippen LogP contribution in [0.5, 0.6) is 23.0 Å². The first kappa shape index (κ1) is 62.0. The van der Waals surface area contributed by atoms with Crippen molar-refractivity contribution in [1.29, 1.82) is 0 Å². The number of unbranched alkanes of at least 4 members (excludes halogenated alkanes) is 2. The van der Waals surface area contributed by atoms with Crippen LogP contribution in [0, 0.1) is 37.1 Å². The minimum absolute atomic E-state index is 0.0426. The lowest BCUT2D eigenvalue weighted by atomic mass is 9.92. The molecule has 6 aromatic rings. The fraction of sp³-hybridized carbons (Fsp3) is 0.345. The van der Waals surface area contributed by atoms with Gasteiger partial charge in [0, 0.05) is 48.5 Å². The van der Waals surface area contributed by atoms with Crippen LogP contribution in [0.25, 0.3) is 11.1 Å². The number of hydrogen-bond acceptors (Lipinski definition) is 8. The predicted octanol–water partition coefficient (Wildman–Crippen LogP) is 15.0. The summed E-state index contributed by atoms with van der Waals surface area (Å²) in [7, 11) is 4.05. The van der Waals surface area contributed by atoms with Gasteiger partial charge in [0.25, 0.3) is 12.9 Å². The van der Waals surface area contributed by atoms with E-state index in [4.69, 9.17) is 62.0 Å². The second-order valence-electron chi connectivity index (χ2n) is 17.1. The molecular weight excluding hydrogens is 1000 g/mol. The fourth-order valence-corrected chi connectivity index (χ4v) is 8.25. The van der Waals surface area contributed by atoms with Crippen LogP contribution in [0.4, 0.5) is 17.6 Å². The smallest absolute Gasteiger partial charge is 0.290 e. The van der Waals surface area contributed by atoms with Crippen LogP contribution in [0.2, 0.25) is 10.0 Å². The van der Waals surface area contributed by atoms with E-state index in [0.717, 1.165) is 95.4 Å². The van der Waals surface area contributed by atoms with Crippen LogP contribution in [-0.2, 0) is 49.1 Å². The monoisotopic (exact) mass is 1070 g/mol. The van der Waals surface area contributed by atoms with E-state index >= 15 is 0 Å². The molecule has 0 saturated carbocycles. The first-order valence-electron chi connectivity index (χ1n) is 24.3. The van der Waals surface area contributed by atoms with E-state index in [1.54, 1.807) is 12.1 Å². The van der Waals surface area contributed by atoms with Crippen molar-refractivity contribution in [1.82, 2.24) is 9.80 Å². The van der Waals surface area contributed by atoms with Crippen molar-refractivity contribution in [3.8, 4) is 34.1 Å². The van der Waals surface area contributed by atoms with Gasteiger partial charge in [0.1, 0.15) is 72.7 Å². The third-order valence-corrected chi connectivity index (χ3v) is 12.1. The van der Waals surface area contributed by atoms with Crippen LogP contribution < -0.4 is 18.9 Å². The molecule has 16 heteroatoms. The Kier molecular flexibility index (Phi) is 27.5. The molecule has 0 unspecified atom stereocenters. The Morgan fingerprint density at radius 3 is 1.15 bits per heavy atom. The summed E-state index contributed by atoms with van der Waals surface area (Å²) in [6.45, 7) is 15.1. The highest BCUT2D eigenvalue weighted by molar-refractivity contribution is 6.32. The molecule has 0 bridgehead atoms. The number of carbonyl (C=O) groups is 2. The zero-order valence-electron chi connectivity index (χ0n) is 43.4. The summed E-state index contributed by atoms with van der Waals surface area (Å²) >= 11 is 13.7. The van der Waals surface area contributed by atoms with E-state index in [2.05, 4.69) is 49.6 Å². The van der Waals surface area contributed by atoms with Crippen LogP contribution in [-0.4, -0.2) is 60.1 Å². The Bertz CT molecular complexity index is 2490. The van der Waals surface area contributed by atoms with Crippen molar-refractivity contribution in [2.45, 2.75) is 107 Å². The first-order valence-corrected chi connectivity index (χ1v) is 25.1. The van der Waals surface area contributed by atoms with Crippen molar-refractivity contribution in [3.05, 3.63) is 175 Å². The average Bonchev–Trinajstić information content (AvgIpc) is 3.35. The van der Waals surface area contributed by atoms with Crippen molar-refractivity contribution >= 4 is 36.1 Å². The third-order valence-electron chi connectivity index (χ3n) is 11.5. The lowest BCUT2D eigenvalue weighted by molar-refractivity contribution is -0.123. The van der Waals surface area contributed by atoms with Crippen molar-refractivity contribution < 1.29 is 56.3 Å². The topological polar surface area (TPSA) is 118 Å². The Morgan fingerprint density at radius 2 is 0.824 bits per heavy atom. The quantitative estimate of drug-likeness (QED) is 0.0474. The number of nitrogens with zero attached hydrogens (tertiary/aromatic N) is 2. The van der Waals surface area contributed by atoms with Crippen molar-refractivity contribution in [3.63, 3.8) is 0 Å². The third kappa shape index (κ3) is 19.8. The Labute approximate surface area is 443 Å². The Morgan fingerprint density at radius 1 is 0.500 bits per heavy atom. The number of ether oxygens (including phenoxy) is 4. The van der Waals surface area contributed by atoms with Crippen LogP contribution >= 0.6 is 23.2 Å². The molecule has 0 aliphatic heterocycles. The van der Waals surface area contributed by atoms with Gasteiger partial charge in [0.05, 0.1) is 10.0 Å². The van der Waals surface area contributed by atoms with E-state index in [0.29, 0.717) is 57.3 Å². The molecule has 0 atom stereocenters. The zero-order valence-corrected chi connectivity index (χ0v) is 44.9. The van der Waals surface area contributed by atoms with Gasteiger partial charge in [-0.25, -0.2) is 17.6 Å². The molecule has 0 aromatic heterocycles. The molecule has 0 saturated heterocycles. The van der Waals surface area contributed by atoms with Gasteiger partial charge in [-0.1, -0.05) is 100 Å². The standard InChI is InChI=1S/C54H58Cl2F4N2O4.C2H6.2CH2O2/c1-7-9-17-61(5)29-41-23-49(55)53(27-51(41)63-31-37-19-43(57)25-44(58)20-37)65-33-39-13-11-15-47(35(39)3)48-16-12-14-40(36(48)4)34-66-54-28-52(64-32-38-21-45(59)26-46(60)22-38)42(24-50(54)56)30-62(6)18-10-8-2;1-2;2*2-1-3/h11-16,19-28H,7-10,17-18,29-34H2,1-6H3;1-2H3;2*1H,(H,2,3). The van der Waals surface area contributed by atoms with Gasteiger partial charge in [0.15, 0.2) is 0 Å². The maximum Gasteiger partial charge on any atom is 0.290 e. The van der Waals surface area contributed by atoms with Crippen molar-refractivity contribution in [2.75, 3.05) is 27.2 Å². The van der Waals surface area contributed by atoms with E-state index in [-0.39, 0.29) is 39.4 Å². The molecule has 0 aliphatic carbocycles. The highest BCUT2D eigenvalue weighted by Crippen LogP contribution is 2.38. The summed E-state index contributed by atoms with van der Waals surface area (Å²) in [6, 6.07) is 26.0. The van der Waals surface area contributed by atoms with Gasteiger partial charge in [-0.3, -0.25) is 9.59 Å². The van der Waals surface area contributed by atoms with Crippen LogP contribution in [0.3, 0.4) is 0 Å². The summed E-state index contributed by atoms with van der Waals surface area (Å²) in [5.74, 6) is -0.818. The molecule has 0 aliphatic rings. The normalized spacial score (nSPS) is 10.6. The highest BCUT2D eigenvalue weighted by Gasteiger charge is 2.18. The van der Waals surface area contributed by atoms with E-state index in [1.807, 2.05) is 64.3 Å². The molecule has 0 amide bonds. The Hall–Kier alpha value is -6.32. The summed E-state index contributed by atoms with van der Waals surface area (Å²) < 4.78 is 81.2. The second kappa shape index (κ2) is 32.8. The lowest BCUT2D eigenvalue weighted by Gasteiger charge is -2.21. The average molecular weight is 1070 g/mol. The van der Waals surface area contributed by atoms with Crippen LogP contribution in [0.1, 0.15) is 97.9 Å². The molecular formula is C58H68Cl2F4N2O8. The minimum atomic E-state index is -0.671. The zero-order chi connectivity index (χ0) is 54.7. The molecule has 6 rings (SSSR count). The highest BCUT2D eigenvalue weighted by atomic mass is 35.5. The maximum absolute atomic E-state index is 14.0. The molecule has 0 spiro atoms. The molecule has 10 nitrogen and oxygen atoms in total. The van der Waals surface area contributed by atoms with E-state index in [9.17, 15) is 17.6 Å². The molecule has 400 valence electrons. The van der Waals surface area contributed by atoms with Gasteiger partial charge in [-0.05, 0) is 135 Å². The molecule has 0 heterocycles. The predicted molar refractivity (Wildman–Crippen MR) is 286 cm³/mol. The number of hydrogen-bond donors (Lipinski definition) is 2. The summed E-state index contributed by atoms with van der Waals surface area (Å²) in [6.07, 6.45) is 4.18. The van der Waals surface area contributed by atoms with Crippen LogP contribution in [0.15, 0.2) is 97.1 Å². The van der Waals surface area contributed by atoms with Gasteiger partial charge < -0.3 is 39.0 Å².